The molecule has 1 aromatic heterocycles. The van der Waals surface area contributed by atoms with E-state index in [2.05, 4.69) is 40.2 Å². The van der Waals surface area contributed by atoms with Gasteiger partial charge in [0.1, 0.15) is 5.75 Å². The van der Waals surface area contributed by atoms with Crippen molar-refractivity contribution in [2.24, 2.45) is 5.92 Å². The molecule has 1 aliphatic rings. The normalized spacial score (nSPS) is 17.3. The van der Waals surface area contributed by atoms with Crippen LogP contribution in [0.4, 0.5) is 0 Å². The number of ether oxygens (including phenoxy) is 1. The minimum absolute atomic E-state index is 0.489. The van der Waals surface area contributed by atoms with Gasteiger partial charge in [-0.25, -0.2) is 0 Å². The van der Waals surface area contributed by atoms with Gasteiger partial charge in [0.05, 0.1) is 13.2 Å². The monoisotopic (exact) mass is 364 g/mol. The Balaban J connectivity index is 1.35. The molecule has 4 rings (SSSR count). The van der Waals surface area contributed by atoms with Gasteiger partial charge in [-0.1, -0.05) is 30.3 Å². The summed E-state index contributed by atoms with van der Waals surface area (Å²) in [4.78, 5) is 5.65. The Morgan fingerprint density at radius 1 is 1.15 bits per heavy atom. The van der Waals surface area contributed by atoms with Crippen LogP contribution in [0.15, 0.2) is 54.7 Å². The Kier molecular flexibility index (Phi) is 5.46. The number of aromatic amines is 1. The molecule has 0 amide bonds. The van der Waals surface area contributed by atoms with Crippen molar-refractivity contribution in [2.75, 3.05) is 26.7 Å². The van der Waals surface area contributed by atoms with E-state index >= 15 is 0 Å². The lowest BCUT2D eigenvalue weighted by atomic mass is 9.90. The van der Waals surface area contributed by atoms with Crippen LogP contribution in [0, 0.1) is 5.92 Å². The van der Waals surface area contributed by atoms with E-state index in [4.69, 9.17) is 4.74 Å². The number of nitrogens with zero attached hydrogens (tertiary/aromatic N) is 1. The summed E-state index contributed by atoms with van der Waals surface area (Å²) in [5.41, 5.74) is 3.42. The van der Waals surface area contributed by atoms with Gasteiger partial charge < -0.3 is 19.7 Å². The number of fused-ring (bicyclic) bond motifs is 1. The molecule has 4 nitrogen and oxygen atoms in total. The number of β-amino-alcohol motifs (C(OH)–C–C–N with tert-alkyl or cyclic N) is 1. The highest BCUT2D eigenvalue weighted by atomic mass is 16.5. The van der Waals surface area contributed by atoms with Crippen molar-refractivity contribution in [2.45, 2.75) is 25.4 Å². The number of hydrogen-bond donors (Lipinski definition) is 2. The third-order valence-corrected chi connectivity index (χ3v) is 5.79. The third-order valence-electron chi connectivity index (χ3n) is 5.79. The minimum atomic E-state index is -0.489. The number of H-pyrrole nitrogens is 1. The first-order valence-corrected chi connectivity index (χ1v) is 9.82. The highest BCUT2D eigenvalue weighted by Crippen LogP contribution is 2.29. The summed E-state index contributed by atoms with van der Waals surface area (Å²) in [6.45, 7) is 2.79. The molecule has 1 atom stereocenters. The van der Waals surface area contributed by atoms with Crippen LogP contribution in [0.5, 0.6) is 5.75 Å². The van der Waals surface area contributed by atoms with Crippen LogP contribution in [0.1, 0.15) is 30.1 Å². The predicted octanol–water partition coefficient (Wildman–Crippen LogP) is 4.16. The maximum atomic E-state index is 10.8. The van der Waals surface area contributed by atoms with E-state index in [9.17, 15) is 5.11 Å². The minimum Gasteiger partial charge on any atom is -0.497 e. The maximum absolute atomic E-state index is 10.8. The van der Waals surface area contributed by atoms with Crippen molar-refractivity contribution >= 4 is 10.9 Å². The molecule has 2 aromatic carbocycles. The Labute approximate surface area is 160 Å². The SMILES string of the molecule is COc1ccc2[nH]cc([C@@H](O)CN3CCC(Cc4ccccc4)CC3)c2c1. The van der Waals surface area contributed by atoms with Crippen molar-refractivity contribution < 1.29 is 9.84 Å². The zero-order valence-electron chi connectivity index (χ0n) is 15.9. The van der Waals surface area contributed by atoms with Crippen molar-refractivity contribution in [3.05, 3.63) is 65.9 Å². The number of rotatable bonds is 6. The predicted molar refractivity (Wildman–Crippen MR) is 109 cm³/mol. The number of hydrogen-bond acceptors (Lipinski definition) is 3. The van der Waals surface area contributed by atoms with E-state index in [1.54, 1.807) is 7.11 Å². The number of likely N-dealkylation sites (tertiary alicyclic amines) is 1. The fourth-order valence-corrected chi connectivity index (χ4v) is 4.19. The lowest BCUT2D eigenvalue weighted by molar-refractivity contribution is 0.0901. The van der Waals surface area contributed by atoms with Crippen LogP contribution >= 0.6 is 0 Å². The van der Waals surface area contributed by atoms with Crippen LogP contribution < -0.4 is 4.74 Å². The van der Waals surface area contributed by atoms with E-state index < -0.39 is 6.10 Å². The Hall–Kier alpha value is -2.30. The first-order chi connectivity index (χ1) is 13.2. The zero-order valence-corrected chi connectivity index (χ0v) is 15.9. The first-order valence-electron chi connectivity index (χ1n) is 9.82. The molecule has 0 saturated carbocycles. The smallest absolute Gasteiger partial charge is 0.119 e. The summed E-state index contributed by atoms with van der Waals surface area (Å²) in [5.74, 6) is 1.57. The molecule has 1 saturated heterocycles. The van der Waals surface area contributed by atoms with Crippen LogP contribution in [0.3, 0.4) is 0 Å². The molecule has 2 N–H and O–H groups in total. The fourth-order valence-electron chi connectivity index (χ4n) is 4.19. The molecule has 1 aliphatic heterocycles. The van der Waals surface area contributed by atoms with Crippen LogP contribution in [0.2, 0.25) is 0 Å². The van der Waals surface area contributed by atoms with Crippen LogP contribution in [-0.2, 0) is 6.42 Å². The largest absolute Gasteiger partial charge is 0.497 e. The van der Waals surface area contributed by atoms with Crippen LogP contribution in [0.25, 0.3) is 10.9 Å². The van der Waals surface area contributed by atoms with Gasteiger partial charge in [-0.2, -0.15) is 0 Å². The molecule has 1 fully saturated rings. The Bertz CT molecular complexity index is 866. The zero-order chi connectivity index (χ0) is 18.6. The van der Waals surface area contributed by atoms with E-state index in [-0.39, 0.29) is 0 Å². The van der Waals surface area contributed by atoms with Crippen molar-refractivity contribution in [3.63, 3.8) is 0 Å². The number of aromatic nitrogens is 1. The quantitative estimate of drug-likeness (QED) is 0.690. The van der Waals surface area contributed by atoms with Gasteiger partial charge in [0.25, 0.3) is 0 Å². The number of nitrogens with one attached hydrogen (secondary N) is 1. The molecule has 4 heteroatoms. The summed E-state index contributed by atoms with van der Waals surface area (Å²) in [7, 11) is 1.67. The number of methoxy groups -OCH3 is 1. The lowest BCUT2D eigenvalue weighted by Gasteiger charge is -2.33. The van der Waals surface area contributed by atoms with Gasteiger partial charge in [0, 0.05) is 29.2 Å². The molecule has 0 spiro atoms. The van der Waals surface area contributed by atoms with E-state index in [1.807, 2.05) is 24.4 Å². The summed E-state index contributed by atoms with van der Waals surface area (Å²) < 4.78 is 5.33. The summed E-state index contributed by atoms with van der Waals surface area (Å²) in [6.07, 6.45) is 5.00. The lowest BCUT2D eigenvalue weighted by Crippen LogP contribution is -2.37. The second kappa shape index (κ2) is 8.15. The van der Waals surface area contributed by atoms with Gasteiger partial charge >= 0.3 is 0 Å². The standard InChI is InChI=1S/C23H28N2O2/c1-27-19-7-8-22-20(14-19)21(15-24-22)23(26)16-25-11-9-18(10-12-25)13-17-5-3-2-4-6-17/h2-8,14-15,18,23-24,26H,9-13,16H2,1H3/t23-/m0/s1. The molecule has 0 bridgehead atoms. The van der Waals surface area contributed by atoms with E-state index in [1.165, 1.54) is 24.8 Å². The Morgan fingerprint density at radius 2 is 1.93 bits per heavy atom. The van der Waals surface area contributed by atoms with Gasteiger partial charge in [-0.3, -0.25) is 0 Å². The summed E-state index contributed by atoms with van der Waals surface area (Å²) >= 11 is 0. The molecular formula is C23H28N2O2. The molecule has 142 valence electrons. The molecule has 0 unspecified atom stereocenters. The summed E-state index contributed by atoms with van der Waals surface area (Å²) in [5, 5.41) is 11.9. The van der Waals surface area contributed by atoms with Crippen molar-refractivity contribution in [3.8, 4) is 5.75 Å². The maximum Gasteiger partial charge on any atom is 0.119 e. The fraction of sp³-hybridized carbons (Fsp3) is 0.391. The van der Waals surface area contributed by atoms with E-state index in [0.29, 0.717) is 6.54 Å². The van der Waals surface area contributed by atoms with Crippen LogP contribution in [-0.4, -0.2) is 41.7 Å². The van der Waals surface area contributed by atoms with Gasteiger partial charge in [-0.15, -0.1) is 0 Å². The van der Waals surface area contributed by atoms with Crippen molar-refractivity contribution in [1.29, 1.82) is 0 Å². The molecular weight excluding hydrogens is 336 g/mol. The molecule has 0 aliphatic carbocycles. The third kappa shape index (κ3) is 4.18. The van der Waals surface area contributed by atoms with Gasteiger partial charge in [0.15, 0.2) is 0 Å². The number of aliphatic hydroxyl groups is 1. The highest BCUT2D eigenvalue weighted by Gasteiger charge is 2.23. The second-order valence-electron chi connectivity index (χ2n) is 7.61. The average Bonchev–Trinajstić information content (AvgIpc) is 3.13. The van der Waals surface area contributed by atoms with Gasteiger partial charge in [-0.05, 0) is 62.0 Å². The number of benzene rings is 2. The molecule has 0 radical (unpaired) electrons. The van der Waals surface area contributed by atoms with E-state index in [0.717, 1.165) is 41.2 Å². The van der Waals surface area contributed by atoms with Crippen molar-refractivity contribution in [1.82, 2.24) is 9.88 Å². The molecule has 27 heavy (non-hydrogen) atoms. The first kappa shape index (κ1) is 18.1. The molecule has 2 heterocycles. The number of aliphatic hydroxyl groups excluding tert-OH is 1. The topological polar surface area (TPSA) is 48.5 Å². The highest BCUT2D eigenvalue weighted by molar-refractivity contribution is 5.85. The summed E-state index contributed by atoms with van der Waals surface area (Å²) in [6, 6.07) is 16.7. The Morgan fingerprint density at radius 3 is 2.67 bits per heavy atom. The van der Waals surface area contributed by atoms with Gasteiger partial charge in [0.2, 0.25) is 0 Å². The second-order valence-corrected chi connectivity index (χ2v) is 7.61. The number of piperidine rings is 1. The average molecular weight is 364 g/mol. The molecule has 3 aromatic rings.